The molecular formula is C14H19NOS. The molecule has 0 fully saturated rings. The van der Waals surface area contributed by atoms with E-state index in [1.54, 1.807) is 11.3 Å². The van der Waals surface area contributed by atoms with Crippen LogP contribution in [-0.4, -0.2) is 18.3 Å². The van der Waals surface area contributed by atoms with Crippen molar-refractivity contribution in [1.29, 1.82) is 0 Å². The Kier molecular flexibility index (Phi) is 3.69. The Labute approximate surface area is 106 Å². The maximum absolute atomic E-state index is 9.36. The molecule has 1 atom stereocenters. The lowest BCUT2D eigenvalue weighted by Gasteiger charge is -2.26. The van der Waals surface area contributed by atoms with E-state index < -0.39 is 0 Å². The van der Waals surface area contributed by atoms with Gasteiger partial charge in [0.1, 0.15) is 0 Å². The minimum Gasteiger partial charge on any atom is -0.396 e. The van der Waals surface area contributed by atoms with E-state index in [2.05, 4.69) is 48.8 Å². The molecule has 0 radical (unpaired) electrons. The van der Waals surface area contributed by atoms with Gasteiger partial charge in [-0.3, -0.25) is 0 Å². The van der Waals surface area contributed by atoms with Gasteiger partial charge in [-0.15, -0.1) is 11.3 Å². The molecule has 0 aliphatic carbocycles. The molecule has 1 aromatic heterocycles. The summed E-state index contributed by atoms with van der Waals surface area (Å²) in [5.41, 5.74) is 1.09. The first-order chi connectivity index (χ1) is 8.17. The van der Waals surface area contributed by atoms with Crippen LogP contribution in [0.25, 0.3) is 10.1 Å². The molecule has 1 heterocycles. The molecule has 0 aliphatic heterocycles. The van der Waals surface area contributed by atoms with E-state index >= 15 is 0 Å². The average molecular weight is 249 g/mol. The van der Waals surface area contributed by atoms with E-state index in [0.29, 0.717) is 0 Å². The van der Waals surface area contributed by atoms with Gasteiger partial charge in [0.05, 0.1) is 6.61 Å². The minimum absolute atomic E-state index is 0.0381. The van der Waals surface area contributed by atoms with Gasteiger partial charge < -0.3 is 10.4 Å². The van der Waals surface area contributed by atoms with Gasteiger partial charge in [-0.25, -0.2) is 0 Å². The zero-order chi connectivity index (χ0) is 12.3. The summed E-state index contributed by atoms with van der Waals surface area (Å²) in [6.07, 6.45) is 0.969. The number of fused-ring (bicyclic) bond motifs is 1. The quantitative estimate of drug-likeness (QED) is 0.846. The highest BCUT2D eigenvalue weighted by Crippen LogP contribution is 2.26. The summed E-state index contributed by atoms with van der Waals surface area (Å²) < 4.78 is 1.32. The molecule has 0 saturated heterocycles. The van der Waals surface area contributed by atoms with Gasteiger partial charge in [0.15, 0.2) is 0 Å². The third-order valence-corrected chi connectivity index (χ3v) is 4.30. The first-order valence-corrected chi connectivity index (χ1v) is 6.87. The first-order valence-electron chi connectivity index (χ1n) is 5.99. The number of aliphatic hydroxyl groups is 1. The maximum Gasteiger partial charge on any atom is 0.0501 e. The number of hydrogen-bond donors (Lipinski definition) is 2. The fourth-order valence-electron chi connectivity index (χ4n) is 1.68. The predicted octanol–water partition coefficient (Wildman–Crippen LogP) is 3.72. The van der Waals surface area contributed by atoms with Crippen molar-refractivity contribution in [3.63, 3.8) is 0 Å². The van der Waals surface area contributed by atoms with E-state index in [4.69, 9.17) is 0 Å². The zero-order valence-corrected chi connectivity index (χ0v) is 11.2. The summed E-state index contributed by atoms with van der Waals surface area (Å²) in [6, 6.07) is 8.55. The highest BCUT2D eigenvalue weighted by molar-refractivity contribution is 7.17. The van der Waals surface area contributed by atoms with Gasteiger partial charge in [0.25, 0.3) is 0 Å². The second-order valence-electron chi connectivity index (χ2n) is 4.85. The summed E-state index contributed by atoms with van der Waals surface area (Å²) in [5.74, 6) is 0. The predicted molar refractivity (Wildman–Crippen MR) is 75.8 cm³/mol. The molecule has 0 bridgehead atoms. The molecule has 2 rings (SSSR count). The van der Waals surface area contributed by atoms with E-state index in [-0.39, 0.29) is 12.0 Å². The normalized spacial score (nSPS) is 14.8. The Morgan fingerprint density at radius 1 is 1.35 bits per heavy atom. The number of rotatable bonds is 5. The number of anilines is 1. The van der Waals surface area contributed by atoms with Crippen LogP contribution in [0.3, 0.4) is 0 Å². The third kappa shape index (κ3) is 2.79. The fraction of sp³-hybridized carbons (Fsp3) is 0.429. The lowest BCUT2D eigenvalue weighted by molar-refractivity contribution is 0.149. The Bertz CT molecular complexity index is 488. The maximum atomic E-state index is 9.36. The molecule has 3 heteroatoms. The Morgan fingerprint density at radius 2 is 2.18 bits per heavy atom. The SMILES string of the molecule is CCC(C)(CO)CNc1ccc2sccc2c1. The summed E-state index contributed by atoms with van der Waals surface area (Å²) in [4.78, 5) is 0. The number of hydrogen-bond acceptors (Lipinski definition) is 3. The Morgan fingerprint density at radius 3 is 2.88 bits per heavy atom. The van der Waals surface area contributed by atoms with Crippen LogP contribution in [-0.2, 0) is 0 Å². The molecule has 0 saturated carbocycles. The van der Waals surface area contributed by atoms with Crippen molar-refractivity contribution in [3.05, 3.63) is 29.6 Å². The van der Waals surface area contributed by atoms with Crippen LogP contribution in [0.5, 0.6) is 0 Å². The molecule has 2 nitrogen and oxygen atoms in total. The van der Waals surface area contributed by atoms with Gasteiger partial charge >= 0.3 is 0 Å². The van der Waals surface area contributed by atoms with Crippen molar-refractivity contribution >= 4 is 27.1 Å². The molecule has 0 amide bonds. The van der Waals surface area contributed by atoms with Gasteiger partial charge in [-0.2, -0.15) is 0 Å². The topological polar surface area (TPSA) is 32.3 Å². The van der Waals surface area contributed by atoms with Gasteiger partial charge in [0, 0.05) is 22.3 Å². The van der Waals surface area contributed by atoms with Crippen LogP contribution in [0.1, 0.15) is 20.3 Å². The molecule has 92 valence electrons. The van der Waals surface area contributed by atoms with Crippen molar-refractivity contribution in [2.75, 3.05) is 18.5 Å². The minimum atomic E-state index is -0.0381. The lowest BCUT2D eigenvalue weighted by Crippen LogP contribution is -2.29. The molecule has 17 heavy (non-hydrogen) atoms. The van der Waals surface area contributed by atoms with Gasteiger partial charge in [-0.05, 0) is 41.5 Å². The van der Waals surface area contributed by atoms with E-state index in [0.717, 1.165) is 18.7 Å². The number of nitrogens with one attached hydrogen (secondary N) is 1. The fourth-order valence-corrected chi connectivity index (χ4v) is 2.46. The van der Waals surface area contributed by atoms with Gasteiger partial charge in [-0.1, -0.05) is 13.8 Å². The number of aliphatic hydroxyl groups excluding tert-OH is 1. The van der Waals surface area contributed by atoms with Crippen LogP contribution < -0.4 is 5.32 Å². The molecule has 2 aromatic rings. The molecule has 0 spiro atoms. The van der Waals surface area contributed by atoms with Crippen LogP contribution in [0.15, 0.2) is 29.6 Å². The number of thiophene rings is 1. The lowest BCUT2D eigenvalue weighted by atomic mass is 9.88. The van der Waals surface area contributed by atoms with Crippen molar-refractivity contribution in [1.82, 2.24) is 0 Å². The highest BCUT2D eigenvalue weighted by atomic mass is 32.1. The molecule has 2 N–H and O–H groups in total. The monoisotopic (exact) mass is 249 g/mol. The van der Waals surface area contributed by atoms with Crippen molar-refractivity contribution < 1.29 is 5.11 Å². The second kappa shape index (κ2) is 5.07. The largest absolute Gasteiger partial charge is 0.396 e. The van der Waals surface area contributed by atoms with Crippen LogP contribution in [0.4, 0.5) is 5.69 Å². The van der Waals surface area contributed by atoms with Gasteiger partial charge in [0.2, 0.25) is 0 Å². The number of benzene rings is 1. The molecular weight excluding hydrogens is 230 g/mol. The van der Waals surface area contributed by atoms with Crippen molar-refractivity contribution in [2.24, 2.45) is 5.41 Å². The van der Waals surface area contributed by atoms with Crippen LogP contribution in [0.2, 0.25) is 0 Å². The molecule has 1 aromatic carbocycles. The van der Waals surface area contributed by atoms with E-state index in [1.165, 1.54) is 10.1 Å². The summed E-state index contributed by atoms with van der Waals surface area (Å²) in [5, 5.41) is 16.2. The Hall–Kier alpha value is -1.06. The van der Waals surface area contributed by atoms with Crippen molar-refractivity contribution in [3.8, 4) is 0 Å². The highest BCUT2D eigenvalue weighted by Gasteiger charge is 2.20. The smallest absolute Gasteiger partial charge is 0.0501 e. The van der Waals surface area contributed by atoms with Crippen LogP contribution >= 0.6 is 11.3 Å². The first kappa shape index (κ1) is 12.4. The second-order valence-corrected chi connectivity index (χ2v) is 5.80. The molecule has 1 unspecified atom stereocenters. The Balaban J connectivity index is 2.08. The van der Waals surface area contributed by atoms with E-state index in [1.807, 2.05) is 0 Å². The molecule has 0 aliphatic rings. The zero-order valence-electron chi connectivity index (χ0n) is 10.4. The van der Waals surface area contributed by atoms with E-state index in [9.17, 15) is 5.11 Å². The average Bonchev–Trinajstić information content (AvgIpc) is 2.83. The third-order valence-electron chi connectivity index (χ3n) is 3.41. The van der Waals surface area contributed by atoms with Crippen LogP contribution in [0, 0.1) is 5.41 Å². The standard InChI is InChI=1S/C14H19NOS/c1-3-14(2,10-16)9-15-12-4-5-13-11(8-12)6-7-17-13/h4-8,15-16H,3,9-10H2,1-2H3. The summed E-state index contributed by atoms with van der Waals surface area (Å²) in [7, 11) is 0. The summed E-state index contributed by atoms with van der Waals surface area (Å²) >= 11 is 1.76. The van der Waals surface area contributed by atoms with Crippen molar-refractivity contribution in [2.45, 2.75) is 20.3 Å². The summed E-state index contributed by atoms with van der Waals surface area (Å²) in [6.45, 7) is 5.23.